The monoisotopic (exact) mass is 660 g/mol. The van der Waals surface area contributed by atoms with Crippen molar-refractivity contribution < 1.29 is 24.2 Å². The number of carbonyl (C=O) groups is 3. The molecule has 1 aliphatic heterocycles. The van der Waals surface area contributed by atoms with Gasteiger partial charge in [0.1, 0.15) is 11.3 Å². The number of carbonyl (C=O) groups excluding carboxylic acids is 2. The number of fused-ring (bicyclic) bond motifs is 5. The summed E-state index contributed by atoms with van der Waals surface area (Å²) >= 11 is 0. The fourth-order valence-electron chi connectivity index (χ4n) is 7.82. The van der Waals surface area contributed by atoms with Crippen molar-refractivity contribution in [1.82, 2.24) is 9.88 Å². The lowest BCUT2D eigenvalue weighted by Crippen LogP contribution is -2.61. The van der Waals surface area contributed by atoms with Crippen LogP contribution in [0.25, 0.3) is 28.2 Å². The number of benzene rings is 3. The third-order valence-electron chi connectivity index (χ3n) is 10.6. The molecule has 4 aromatic rings. The number of ether oxygens (including phenoxy) is 1. The number of nitrogens with one attached hydrogen (secondary N) is 2. The maximum atomic E-state index is 13.9. The second-order valence-corrected chi connectivity index (χ2v) is 13.7. The Kier molecular flexibility index (Phi) is 8.92. The van der Waals surface area contributed by atoms with E-state index in [0.717, 1.165) is 55.4 Å². The zero-order valence-electron chi connectivity index (χ0n) is 28.3. The Balaban J connectivity index is 1.20. The van der Waals surface area contributed by atoms with Crippen molar-refractivity contribution in [3.63, 3.8) is 0 Å². The van der Waals surface area contributed by atoms with Crippen molar-refractivity contribution in [3.05, 3.63) is 83.4 Å². The minimum absolute atomic E-state index is 0.246. The van der Waals surface area contributed by atoms with Crippen LogP contribution in [0.2, 0.25) is 0 Å². The molecule has 0 radical (unpaired) electrons. The summed E-state index contributed by atoms with van der Waals surface area (Å²) in [7, 11) is 2.14. The number of likely N-dealkylation sites (N-methyl/N-ethyl adjacent to an activating group) is 1. The standard InChI is InChI=1S/C40H44N4O5/c1-3-49-30-16-18-32-33(25-30)43(2)22-23-44-34-24-28(13-17-31(34)36(37(32)44)27-8-5-4-6-9-27)38(47)42-40(20-7-21-40)39(48)41-29-14-10-26(11-15-29)12-19-35(45)46/h10-19,24-25,27H,3-9,20-23H2,1-2H3,(H,41,48)(H,42,47)(H,45,46)/b19-12+. The fraction of sp³-hybridized carbons (Fsp3) is 0.375. The number of carboxylic acid groups (broad SMARTS) is 1. The Hall–Kier alpha value is -5.05. The number of aromatic nitrogens is 1. The van der Waals surface area contributed by atoms with Crippen LogP contribution in [0, 0.1) is 0 Å². The lowest BCUT2D eigenvalue weighted by molar-refractivity contribution is -0.131. The lowest BCUT2D eigenvalue weighted by Gasteiger charge is -2.40. The molecule has 0 spiro atoms. The quantitative estimate of drug-likeness (QED) is 0.160. The van der Waals surface area contributed by atoms with Crippen molar-refractivity contribution in [2.24, 2.45) is 0 Å². The van der Waals surface area contributed by atoms with E-state index >= 15 is 0 Å². The summed E-state index contributed by atoms with van der Waals surface area (Å²) in [4.78, 5) is 40.7. The molecule has 3 aromatic carbocycles. The summed E-state index contributed by atoms with van der Waals surface area (Å²) in [5, 5.41) is 16.2. The van der Waals surface area contributed by atoms with Gasteiger partial charge in [-0.25, -0.2) is 4.79 Å². The molecule has 9 nitrogen and oxygen atoms in total. The molecule has 254 valence electrons. The van der Waals surface area contributed by atoms with Crippen LogP contribution in [0.4, 0.5) is 11.4 Å². The average Bonchev–Trinajstić information content (AvgIpc) is 3.34. The molecule has 0 atom stereocenters. The maximum Gasteiger partial charge on any atom is 0.328 e. The number of hydrogen-bond donors (Lipinski definition) is 3. The van der Waals surface area contributed by atoms with E-state index < -0.39 is 11.5 Å². The molecule has 3 aliphatic rings. The molecular weight excluding hydrogens is 616 g/mol. The van der Waals surface area contributed by atoms with Crippen LogP contribution < -0.4 is 20.3 Å². The van der Waals surface area contributed by atoms with E-state index in [0.29, 0.717) is 42.2 Å². The fourth-order valence-corrected chi connectivity index (χ4v) is 7.82. The molecule has 2 aliphatic carbocycles. The van der Waals surface area contributed by atoms with Crippen molar-refractivity contribution >= 4 is 46.1 Å². The van der Waals surface area contributed by atoms with Crippen molar-refractivity contribution in [2.75, 3.05) is 30.4 Å². The van der Waals surface area contributed by atoms with E-state index in [2.05, 4.69) is 51.4 Å². The van der Waals surface area contributed by atoms with Crippen LogP contribution in [0.5, 0.6) is 5.75 Å². The maximum absolute atomic E-state index is 13.9. The van der Waals surface area contributed by atoms with Gasteiger partial charge >= 0.3 is 5.97 Å². The average molecular weight is 661 g/mol. The van der Waals surface area contributed by atoms with Gasteiger partial charge in [-0.3, -0.25) is 9.59 Å². The molecule has 2 heterocycles. The third kappa shape index (κ3) is 6.30. The molecule has 2 fully saturated rings. The van der Waals surface area contributed by atoms with E-state index in [9.17, 15) is 14.4 Å². The summed E-state index contributed by atoms with van der Waals surface area (Å²) in [6.45, 7) is 4.23. The van der Waals surface area contributed by atoms with Crippen LogP contribution in [-0.4, -0.2) is 53.2 Å². The van der Waals surface area contributed by atoms with Crippen LogP contribution >= 0.6 is 0 Å². The predicted molar refractivity (Wildman–Crippen MR) is 193 cm³/mol. The van der Waals surface area contributed by atoms with Gasteiger partial charge < -0.3 is 29.9 Å². The molecule has 9 heteroatoms. The Morgan fingerprint density at radius 1 is 0.959 bits per heavy atom. The van der Waals surface area contributed by atoms with E-state index in [1.165, 1.54) is 47.5 Å². The van der Waals surface area contributed by atoms with Crippen LogP contribution in [0.1, 0.15) is 85.7 Å². The molecule has 0 unspecified atom stereocenters. The zero-order chi connectivity index (χ0) is 34.1. The Bertz CT molecular complexity index is 1930. The first-order valence-corrected chi connectivity index (χ1v) is 17.6. The van der Waals surface area contributed by atoms with E-state index in [4.69, 9.17) is 9.84 Å². The second kappa shape index (κ2) is 13.5. The number of hydrogen-bond acceptors (Lipinski definition) is 5. The van der Waals surface area contributed by atoms with Gasteiger partial charge in [-0.1, -0.05) is 37.5 Å². The number of anilines is 2. The molecule has 0 bridgehead atoms. The third-order valence-corrected chi connectivity index (χ3v) is 10.6. The van der Waals surface area contributed by atoms with Crippen molar-refractivity contribution in [2.45, 2.75) is 76.3 Å². The first-order valence-electron chi connectivity index (χ1n) is 17.6. The minimum Gasteiger partial charge on any atom is -0.494 e. The highest BCUT2D eigenvalue weighted by atomic mass is 16.5. The smallest absolute Gasteiger partial charge is 0.328 e. The Labute approximate surface area is 286 Å². The molecular formula is C40H44N4O5. The second-order valence-electron chi connectivity index (χ2n) is 13.7. The van der Waals surface area contributed by atoms with E-state index in [1.54, 1.807) is 24.3 Å². The summed E-state index contributed by atoms with van der Waals surface area (Å²) in [5.41, 5.74) is 6.91. The Morgan fingerprint density at radius 2 is 1.73 bits per heavy atom. The molecule has 1 aromatic heterocycles. The van der Waals surface area contributed by atoms with Gasteiger partial charge in [0.15, 0.2) is 0 Å². The topological polar surface area (TPSA) is 113 Å². The molecule has 3 N–H and O–H groups in total. The summed E-state index contributed by atoms with van der Waals surface area (Å²) < 4.78 is 8.31. The molecule has 7 rings (SSSR count). The number of carboxylic acids is 1. The van der Waals surface area contributed by atoms with E-state index in [-0.39, 0.29) is 11.8 Å². The van der Waals surface area contributed by atoms with Crippen LogP contribution in [0.3, 0.4) is 0 Å². The van der Waals surface area contributed by atoms with Gasteiger partial charge in [-0.05, 0) is 98.5 Å². The molecule has 49 heavy (non-hydrogen) atoms. The van der Waals surface area contributed by atoms with Crippen molar-refractivity contribution in [1.29, 1.82) is 0 Å². The zero-order valence-corrected chi connectivity index (χ0v) is 28.3. The summed E-state index contributed by atoms with van der Waals surface area (Å²) in [6.07, 6.45) is 10.6. The highest BCUT2D eigenvalue weighted by Gasteiger charge is 2.45. The number of nitrogens with zero attached hydrogens (tertiary/aromatic N) is 2. The van der Waals surface area contributed by atoms with Gasteiger partial charge in [0.2, 0.25) is 5.91 Å². The highest BCUT2D eigenvalue weighted by Crippen LogP contribution is 2.48. The largest absolute Gasteiger partial charge is 0.494 e. The van der Waals surface area contributed by atoms with Gasteiger partial charge in [0.25, 0.3) is 5.91 Å². The summed E-state index contributed by atoms with van der Waals surface area (Å²) in [6, 6.07) is 19.4. The lowest BCUT2D eigenvalue weighted by atomic mass is 9.75. The number of amides is 2. The summed E-state index contributed by atoms with van der Waals surface area (Å²) in [5.74, 6) is -0.197. The van der Waals surface area contributed by atoms with Gasteiger partial charge in [-0.15, -0.1) is 0 Å². The number of aliphatic carboxylic acids is 1. The molecule has 0 saturated heterocycles. The highest BCUT2D eigenvalue weighted by molar-refractivity contribution is 6.06. The SMILES string of the molecule is CCOc1ccc2c(c1)N(C)CCn1c-2c(C2CCCCC2)c2ccc(C(=O)NC3(C(=O)Nc4ccc(/C=C/C(=O)O)cc4)CCC3)cc21. The van der Waals surface area contributed by atoms with Gasteiger partial charge in [-0.2, -0.15) is 0 Å². The van der Waals surface area contributed by atoms with Crippen LogP contribution in [0.15, 0.2) is 66.7 Å². The minimum atomic E-state index is -1.02. The molecule has 2 amide bonds. The van der Waals surface area contributed by atoms with Crippen molar-refractivity contribution in [3.8, 4) is 17.0 Å². The normalized spacial score (nSPS) is 17.1. The Morgan fingerprint density at radius 3 is 2.43 bits per heavy atom. The van der Waals surface area contributed by atoms with Gasteiger partial charge in [0, 0.05) is 65.7 Å². The number of rotatable bonds is 9. The van der Waals surface area contributed by atoms with Gasteiger partial charge in [0.05, 0.1) is 12.3 Å². The predicted octanol–water partition coefficient (Wildman–Crippen LogP) is 7.59. The first kappa shape index (κ1) is 32.5. The molecule has 2 saturated carbocycles. The van der Waals surface area contributed by atoms with Crippen LogP contribution in [-0.2, 0) is 16.1 Å². The van der Waals surface area contributed by atoms with E-state index in [1.807, 2.05) is 19.1 Å². The first-order chi connectivity index (χ1) is 23.8.